The van der Waals surface area contributed by atoms with Gasteiger partial charge in [-0.3, -0.25) is 0 Å². The van der Waals surface area contributed by atoms with E-state index in [2.05, 4.69) is 10.1 Å². The van der Waals surface area contributed by atoms with E-state index in [1.165, 1.54) is 17.8 Å². The Morgan fingerprint density at radius 3 is 2.62 bits per heavy atom. The molecule has 0 fully saturated rings. The largest absolute Gasteiger partial charge is 0.453 e. The minimum Gasteiger partial charge on any atom is -0.453 e. The summed E-state index contributed by atoms with van der Waals surface area (Å²) in [6, 6.07) is 8.66. The number of hydrogen-bond acceptors (Lipinski definition) is 7. The molecule has 0 unspecified atom stereocenters. The summed E-state index contributed by atoms with van der Waals surface area (Å²) in [5.74, 6) is -0.231. The number of aryl methyl sites for hydroxylation is 2. The summed E-state index contributed by atoms with van der Waals surface area (Å²) in [5.41, 5.74) is 1.89. The average Bonchev–Trinajstić information content (AvgIpc) is 3.20. The van der Waals surface area contributed by atoms with Gasteiger partial charge in [-0.1, -0.05) is 22.9 Å². The first-order chi connectivity index (χ1) is 12.2. The molecule has 0 aliphatic rings. The SMILES string of the molecule is Cc1ccc(-c2nc(COC(=O)c3cc(S(N)(=O)=O)cn3C)no2)cc1. The van der Waals surface area contributed by atoms with E-state index in [0.29, 0.717) is 5.89 Å². The Labute approximate surface area is 149 Å². The van der Waals surface area contributed by atoms with Gasteiger partial charge < -0.3 is 13.8 Å². The third kappa shape index (κ3) is 3.81. The number of carbonyl (C=O) groups excluding carboxylic acids is 1. The van der Waals surface area contributed by atoms with Crippen molar-refractivity contribution in [2.24, 2.45) is 12.2 Å². The Balaban J connectivity index is 1.69. The van der Waals surface area contributed by atoms with Crippen LogP contribution in [0.1, 0.15) is 21.9 Å². The number of hydrogen-bond donors (Lipinski definition) is 1. The van der Waals surface area contributed by atoms with E-state index in [1.54, 1.807) is 0 Å². The fourth-order valence-electron chi connectivity index (χ4n) is 2.22. The van der Waals surface area contributed by atoms with Crippen LogP contribution in [0, 0.1) is 6.92 Å². The summed E-state index contributed by atoms with van der Waals surface area (Å²) in [5, 5.41) is 8.81. The molecule has 1 aromatic carbocycles. The summed E-state index contributed by atoms with van der Waals surface area (Å²) in [4.78, 5) is 16.1. The van der Waals surface area contributed by atoms with Crippen LogP contribution in [0.3, 0.4) is 0 Å². The third-order valence-electron chi connectivity index (χ3n) is 3.62. The van der Waals surface area contributed by atoms with E-state index < -0.39 is 16.0 Å². The lowest BCUT2D eigenvalue weighted by Crippen LogP contribution is -2.11. The van der Waals surface area contributed by atoms with Crippen molar-refractivity contribution in [3.05, 3.63) is 53.6 Å². The Morgan fingerprint density at radius 1 is 1.31 bits per heavy atom. The summed E-state index contributed by atoms with van der Waals surface area (Å²) in [6.07, 6.45) is 1.23. The molecule has 0 amide bonds. The van der Waals surface area contributed by atoms with Gasteiger partial charge >= 0.3 is 5.97 Å². The molecule has 136 valence electrons. The van der Waals surface area contributed by atoms with Gasteiger partial charge in [0.1, 0.15) is 10.6 Å². The van der Waals surface area contributed by atoms with Gasteiger partial charge in [0.05, 0.1) is 0 Å². The number of sulfonamides is 1. The fraction of sp³-hybridized carbons (Fsp3) is 0.188. The first kappa shape index (κ1) is 17.8. The van der Waals surface area contributed by atoms with E-state index in [0.717, 1.165) is 17.2 Å². The normalized spacial score (nSPS) is 11.5. The molecule has 0 atom stereocenters. The Kier molecular flexibility index (Phi) is 4.62. The van der Waals surface area contributed by atoms with Crippen LogP contribution < -0.4 is 5.14 Å². The molecule has 9 nitrogen and oxygen atoms in total. The smallest absolute Gasteiger partial charge is 0.355 e. The molecule has 0 saturated heterocycles. The lowest BCUT2D eigenvalue weighted by atomic mass is 10.1. The molecule has 26 heavy (non-hydrogen) atoms. The number of nitrogens with zero attached hydrogens (tertiary/aromatic N) is 3. The second kappa shape index (κ2) is 6.73. The molecular formula is C16H16N4O5S. The fourth-order valence-corrected chi connectivity index (χ4v) is 2.80. The molecule has 0 radical (unpaired) electrons. The van der Waals surface area contributed by atoms with E-state index in [-0.39, 0.29) is 23.0 Å². The van der Waals surface area contributed by atoms with Gasteiger partial charge in [0.2, 0.25) is 15.8 Å². The molecule has 3 aromatic rings. The molecule has 0 saturated carbocycles. The lowest BCUT2D eigenvalue weighted by molar-refractivity contribution is 0.0448. The van der Waals surface area contributed by atoms with Crippen LogP contribution in [0.15, 0.2) is 45.9 Å². The van der Waals surface area contributed by atoms with E-state index >= 15 is 0 Å². The van der Waals surface area contributed by atoms with Crippen molar-refractivity contribution in [3.63, 3.8) is 0 Å². The summed E-state index contributed by atoms with van der Waals surface area (Å²) >= 11 is 0. The number of primary sulfonamides is 1. The summed E-state index contributed by atoms with van der Waals surface area (Å²) in [7, 11) is -2.39. The molecule has 10 heteroatoms. The lowest BCUT2D eigenvalue weighted by Gasteiger charge is -2.02. The van der Waals surface area contributed by atoms with Crippen LogP contribution in [0.25, 0.3) is 11.5 Å². The van der Waals surface area contributed by atoms with Gasteiger partial charge in [-0.2, -0.15) is 4.98 Å². The quantitative estimate of drug-likeness (QED) is 0.666. The van der Waals surface area contributed by atoms with Crippen molar-refractivity contribution < 1.29 is 22.5 Å². The van der Waals surface area contributed by atoms with Gasteiger partial charge in [0.15, 0.2) is 6.61 Å². The van der Waals surface area contributed by atoms with Crippen molar-refractivity contribution in [1.29, 1.82) is 0 Å². The van der Waals surface area contributed by atoms with Crippen LogP contribution in [0.4, 0.5) is 0 Å². The first-order valence-electron chi connectivity index (χ1n) is 7.50. The number of benzene rings is 1. The van der Waals surface area contributed by atoms with Crippen molar-refractivity contribution >= 4 is 16.0 Å². The highest BCUT2D eigenvalue weighted by Crippen LogP contribution is 2.18. The first-order valence-corrected chi connectivity index (χ1v) is 9.04. The second-order valence-electron chi connectivity index (χ2n) is 5.67. The molecular weight excluding hydrogens is 360 g/mol. The van der Waals surface area contributed by atoms with E-state index in [1.807, 2.05) is 31.2 Å². The zero-order valence-corrected chi connectivity index (χ0v) is 14.9. The third-order valence-corrected chi connectivity index (χ3v) is 4.50. The average molecular weight is 376 g/mol. The van der Waals surface area contributed by atoms with Gasteiger partial charge in [-0.05, 0) is 25.1 Å². The Hall–Kier alpha value is -2.98. The molecule has 0 aliphatic heterocycles. The number of nitrogens with two attached hydrogens (primary N) is 1. The maximum absolute atomic E-state index is 12.1. The van der Waals surface area contributed by atoms with E-state index in [9.17, 15) is 13.2 Å². The molecule has 2 heterocycles. The van der Waals surface area contributed by atoms with Gasteiger partial charge in [0, 0.05) is 18.8 Å². The Bertz CT molecular complexity index is 1050. The highest BCUT2D eigenvalue weighted by atomic mass is 32.2. The van der Waals surface area contributed by atoms with Crippen LogP contribution in [0.5, 0.6) is 0 Å². The standard InChI is InChI=1S/C16H16N4O5S/c1-10-3-5-11(6-4-10)15-18-14(19-25-15)9-24-16(21)13-7-12(8-20(13)2)26(17,22)23/h3-8H,9H2,1-2H3,(H2,17,22,23). The highest BCUT2D eigenvalue weighted by molar-refractivity contribution is 7.89. The van der Waals surface area contributed by atoms with Crippen LogP contribution in [0.2, 0.25) is 0 Å². The van der Waals surface area contributed by atoms with Crippen molar-refractivity contribution in [1.82, 2.24) is 14.7 Å². The summed E-state index contributed by atoms with van der Waals surface area (Å²) in [6.45, 7) is 1.75. The second-order valence-corrected chi connectivity index (χ2v) is 7.24. The minimum absolute atomic E-state index is 0.0382. The number of rotatable bonds is 5. The number of esters is 1. The van der Waals surface area contributed by atoms with Gasteiger partial charge in [0.25, 0.3) is 5.89 Å². The van der Waals surface area contributed by atoms with Gasteiger partial charge in [-0.15, -0.1) is 0 Å². The molecule has 0 aliphatic carbocycles. The van der Waals surface area contributed by atoms with Crippen LogP contribution >= 0.6 is 0 Å². The van der Waals surface area contributed by atoms with E-state index in [4.69, 9.17) is 14.4 Å². The highest BCUT2D eigenvalue weighted by Gasteiger charge is 2.19. The minimum atomic E-state index is -3.90. The molecule has 0 spiro atoms. The van der Waals surface area contributed by atoms with Crippen molar-refractivity contribution in [2.75, 3.05) is 0 Å². The predicted molar refractivity (Wildman–Crippen MR) is 90.4 cm³/mol. The predicted octanol–water partition coefficient (Wildman–Crippen LogP) is 1.39. The molecule has 2 N–H and O–H groups in total. The summed E-state index contributed by atoms with van der Waals surface area (Å²) < 4.78 is 34.2. The van der Waals surface area contributed by atoms with Crippen LogP contribution in [-0.2, 0) is 28.4 Å². The topological polar surface area (TPSA) is 130 Å². The molecule has 2 aromatic heterocycles. The zero-order chi connectivity index (χ0) is 18.9. The molecule has 3 rings (SSSR count). The maximum Gasteiger partial charge on any atom is 0.355 e. The van der Waals surface area contributed by atoms with Crippen molar-refractivity contribution in [2.45, 2.75) is 18.4 Å². The number of aromatic nitrogens is 3. The maximum atomic E-state index is 12.1. The number of carbonyl (C=O) groups is 1. The van der Waals surface area contributed by atoms with Crippen molar-refractivity contribution in [3.8, 4) is 11.5 Å². The van der Waals surface area contributed by atoms with Crippen LogP contribution in [-0.4, -0.2) is 29.1 Å². The Morgan fingerprint density at radius 2 is 2.00 bits per heavy atom. The van der Waals surface area contributed by atoms with Gasteiger partial charge in [-0.25, -0.2) is 18.4 Å². The zero-order valence-electron chi connectivity index (χ0n) is 14.0. The molecule has 0 bridgehead atoms. The number of ether oxygens (including phenoxy) is 1. The monoisotopic (exact) mass is 376 g/mol.